The summed E-state index contributed by atoms with van der Waals surface area (Å²) < 4.78 is 11.6. The lowest BCUT2D eigenvalue weighted by atomic mass is 10.4. The van der Waals surface area contributed by atoms with Crippen molar-refractivity contribution in [3.63, 3.8) is 0 Å². The van der Waals surface area contributed by atoms with Crippen LogP contribution in [0.3, 0.4) is 0 Å². The molecule has 1 aliphatic heterocycles. The maximum Gasteiger partial charge on any atom is 0.210 e. The summed E-state index contributed by atoms with van der Waals surface area (Å²) in [6, 6.07) is 1.77. The van der Waals surface area contributed by atoms with Gasteiger partial charge in [0.25, 0.3) is 0 Å². The van der Waals surface area contributed by atoms with Crippen LogP contribution in [0.1, 0.15) is 5.76 Å². The Morgan fingerprint density at radius 2 is 2.20 bits per heavy atom. The van der Waals surface area contributed by atoms with Crippen LogP contribution in [0, 0.1) is 0 Å². The van der Waals surface area contributed by atoms with Crippen LogP contribution < -0.4 is 4.90 Å². The van der Waals surface area contributed by atoms with Crippen molar-refractivity contribution in [1.82, 2.24) is 0 Å². The zero-order chi connectivity index (χ0) is 10.7. The molecule has 15 heavy (non-hydrogen) atoms. The first-order chi connectivity index (χ1) is 7.31. The number of rotatable bonds is 2. The Morgan fingerprint density at radius 3 is 2.87 bits per heavy atom. The van der Waals surface area contributed by atoms with Gasteiger partial charge < -0.3 is 19.3 Å². The Hall–Kier alpha value is -1.01. The molecule has 0 aliphatic carbocycles. The second-order valence-electron chi connectivity index (χ2n) is 3.15. The van der Waals surface area contributed by atoms with Crippen LogP contribution >= 0.6 is 15.9 Å². The number of anilines is 1. The molecular formula is C9H11BrN2O3. The van der Waals surface area contributed by atoms with Gasteiger partial charge in [-0.2, -0.15) is 0 Å². The number of halogens is 1. The minimum atomic E-state index is 0.519. The molecule has 0 radical (unpaired) electrons. The standard InChI is InChI=1S/C9H11BrN2O3/c10-8-5-7(6-11-13)15-9(8)12-1-3-14-4-2-12/h5-6,13H,1-4H2. The topological polar surface area (TPSA) is 58.2 Å². The zero-order valence-corrected chi connectivity index (χ0v) is 9.61. The number of morpholine rings is 1. The highest BCUT2D eigenvalue weighted by Crippen LogP contribution is 2.30. The third-order valence-electron chi connectivity index (χ3n) is 2.17. The van der Waals surface area contributed by atoms with Crippen molar-refractivity contribution in [3.8, 4) is 0 Å². The van der Waals surface area contributed by atoms with E-state index in [-0.39, 0.29) is 0 Å². The zero-order valence-electron chi connectivity index (χ0n) is 8.02. The van der Waals surface area contributed by atoms with E-state index in [4.69, 9.17) is 14.4 Å². The van der Waals surface area contributed by atoms with E-state index in [2.05, 4.69) is 26.0 Å². The second kappa shape index (κ2) is 4.67. The molecule has 1 fully saturated rings. The quantitative estimate of drug-likeness (QED) is 0.507. The van der Waals surface area contributed by atoms with E-state index in [1.54, 1.807) is 6.07 Å². The Bertz CT molecular complexity index is 358. The third-order valence-corrected chi connectivity index (χ3v) is 2.74. The van der Waals surface area contributed by atoms with E-state index in [0.717, 1.165) is 23.4 Å². The molecule has 0 saturated carbocycles. The molecule has 6 heteroatoms. The van der Waals surface area contributed by atoms with Gasteiger partial charge in [-0.05, 0) is 15.9 Å². The molecule has 1 aromatic heterocycles. The summed E-state index contributed by atoms with van der Waals surface area (Å²) in [7, 11) is 0. The summed E-state index contributed by atoms with van der Waals surface area (Å²) in [6.07, 6.45) is 1.26. The molecule has 0 aromatic carbocycles. The molecule has 0 atom stereocenters. The Morgan fingerprint density at radius 1 is 1.47 bits per heavy atom. The maximum atomic E-state index is 8.39. The molecule has 1 saturated heterocycles. The summed E-state index contributed by atoms with van der Waals surface area (Å²) in [5.74, 6) is 1.28. The van der Waals surface area contributed by atoms with Crippen LogP contribution in [0.4, 0.5) is 5.88 Å². The molecule has 2 heterocycles. The summed E-state index contributed by atoms with van der Waals surface area (Å²) in [6.45, 7) is 3.02. The monoisotopic (exact) mass is 274 g/mol. The minimum absolute atomic E-state index is 0.519. The number of hydrogen-bond donors (Lipinski definition) is 1. The first-order valence-electron chi connectivity index (χ1n) is 4.60. The van der Waals surface area contributed by atoms with Crippen molar-refractivity contribution in [2.24, 2.45) is 5.16 Å². The van der Waals surface area contributed by atoms with Gasteiger partial charge in [0.1, 0.15) is 6.21 Å². The summed E-state index contributed by atoms with van der Waals surface area (Å²) in [4.78, 5) is 2.09. The molecule has 82 valence electrons. The lowest BCUT2D eigenvalue weighted by molar-refractivity contribution is 0.120. The molecule has 1 aromatic rings. The molecule has 0 spiro atoms. The average Bonchev–Trinajstić information content (AvgIpc) is 2.61. The van der Waals surface area contributed by atoms with E-state index in [1.165, 1.54) is 6.21 Å². The van der Waals surface area contributed by atoms with Gasteiger partial charge in [0.05, 0.1) is 17.7 Å². The SMILES string of the molecule is ON=Cc1cc(Br)c(N2CCOCC2)o1. The number of oxime groups is 1. The normalized spacial score (nSPS) is 17.5. The number of furan rings is 1. The van der Waals surface area contributed by atoms with E-state index >= 15 is 0 Å². The number of nitrogens with zero attached hydrogens (tertiary/aromatic N) is 2. The highest BCUT2D eigenvalue weighted by Gasteiger charge is 2.18. The van der Waals surface area contributed by atoms with Gasteiger partial charge >= 0.3 is 0 Å². The van der Waals surface area contributed by atoms with Crippen LogP contribution in [-0.2, 0) is 4.74 Å². The van der Waals surface area contributed by atoms with Crippen molar-refractivity contribution >= 4 is 28.0 Å². The molecule has 0 unspecified atom stereocenters. The first kappa shape index (κ1) is 10.5. The van der Waals surface area contributed by atoms with E-state index in [9.17, 15) is 0 Å². The van der Waals surface area contributed by atoms with Crippen LogP contribution in [0.25, 0.3) is 0 Å². The molecule has 2 rings (SSSR count). The largest absolute Gasteiger partial charge is 0.438 e. The molecule has 1 N–H and O–H groups in total. The van der Waals surface area contributed by atoms with Gasteiger partial charge in [-0.25, -0.2) is 0 Å². The van der Waals surface area contributed by atoms with Crippen LogP contribution in [-0.4, -0.2) is 37.7 Å². The van der Waals surface area contributed by atoms with Crippen molar-refractivity contribution in [2.45, 2.75) is 0 Å². The van der Waals surface area contributed by atoms with E-state index < -0.39 is 0 Å². The molecule has 0 amide bonds. The predicted octanol–water partition coefficient (Wildman–Crippen LogP) is 1.69. The molecular weight excluding hydrogens is 264 g/mol. The minimum Gasteiger partial charge on any atom is -0.438 e. The lowest BCUT2D eigenvalue weighted by Crippen LogP contribution is -2.36. The Balaban J connectivity index is 2.19. The van der Waals surface area contributed by atoms with Crippen molar-refractivity contribution in [3.05, 3.63) is 16.3 Å². The Labute approximate surface area is 95.4 Å². The summed E-state index contributed by atoms with van der Waals surface area (Å²) >= 11 is 3.40. The van der Waals surface area contributed by atoms with Gasteiger partial charge in [-0.1, -0.05) is 5.16 Å². The highest BCUT2D eigenvalue weighted by atomic mass is 79.9. The van der Waals surface area contributed by atoms with Crippen LogP contribution in [0.5, 0.6) is 0 Å². The fourth-order valence-corrected chi connectivity index (χ4v) is 2.04. The first-order valence-corrected chi connectivity index (χ1v) is 5.40. The second-order valence-corrected chi connectivity index (χ2v) is 4.00. The van der Waals surface area contributed by atoms with Gasteiger partial charge in [0.2, 0.25) is 5.88 Å². The number of ether oxygens (including phenoxy) is 1. The number of hydrogen-bond acceptors (Lipinski definition) is 5. The van der Waals surface area contributed by atoms with Crippen molar-refractivity contribution in [2.75, 3.05) is 31.2 Å². The van der Waals surface area contributed by atoms with Crippen LogP contribution in [0.15, 0.2) is 20.1 Å². The summed E-state index contributed by atoms with van der Waals surface area (Å²) in [5.41, 5.74) is 0. The summed E-state index contributed by atoms with van der Waals surface area (Å²) in [5, 5.41) is 11.3. The average molecular weight is 275 g/mol. The smallest absolute Gasteiger partial charge is 0.210 e. The third kappa shape index (κ3) is 2.32. The van der Waals surface area contributed by atoms with Gasteiger partial charge in [0.15, 0.2) is 5.76 Å². The fraction of sp³-hybridized carbons (Fsp3) is 0.444. The van der Waals surface area contributed by atoms with Gasteiger partial charge in [-0.3, -0.25) is 0 Å². The van der Waals surface area contributed by atoms with Gasteiger partial charge in [0, 0.05) is 19.2 Å². The molecule has 1 aliphatic rings. The van der Waals surface area contributed by atoms with Crippen molar-refractivity contribution in [1.29, 1.82) is 0 Å². The predicted molar refractivity (Wildman–Crippen MR) is 58.8 cm³/mol. The Kier molecular flexibility index (Phi) is 3.27. The molecule has 0 bridgehead atoms. The van der Waals surface area contributed by atoms with Gasteiger partial charge in [-0.15, -0.1) is 0 Å². The van der Waals surface area contributed by atoms with Crippen LogP contribution in [0.2, 0.25) is 0 Å². The van der Waals surface area contributed by atoms with Crippen molar-refractivity contribution < 1.29 is 14.4 Å². The highest BCUT2D eigenvalue weighted by molar-refractivity contribution is 9.10. The maximum absolute atomic E-state index is 8.39. The van der Waals surface area contributed by atoms with E-state index in [1.807, 2.05) is 0 Å². The fourth-order valence-electron chi connectivity index (χ4n) is 1.48. The lowest BCUT2D eigenvalue weighted by Gasteiger charge is -2.26. The van der Waals surface area contributed by atoms with E-state index in [0.29, 0.717) is 19.0 Å². The molecule has 5 nitrogen and oxygen atoms in total.